The maximum absolute atomic E-state index is 12.1. The summed E-state index contributed by atoms with van der Waals surface area (Å²) in [6.45, 7) is 6.30. The molecular weight excluding hydrogens is 254 g/mol. The lowest BCUT2D eigenvalue weighted by Gasteiger charge is -2.13. The molecule has 0 radical (unpaired) electrons. The molecule has 1 amide bonds. The first-order valence-corrected chi connectivity index (χ1v) is 7.40. The molecule has 0 saturated heterocycles. The van der Waals surface area contributed by atoms with Crippen molar-refractivity contribution in [1.82, 2.24) is 5.32 Å². The fourth-order valence-corrected chi connectivity index (χ4v) is 2.64. The zero-order valence-corrected chi connectivity index (χ0v) is 12.3. The van der Waals surface area contributed by atoms with Crippen LogP contribution in [0.1, 0.15) is 53.5 Å². The average Bonchev–Trinajstić information content (AvgIpc) is 2.92. The van der Waals surface area contributed by atoms with Crippen molar-refractivity contribution in [3.63, 3.8) is 0 Å². The van der Waals surface area contributed by atoms with E-state index < -0.39 is 0 Å². The predicted octanol–water partition coefficient (Wildman–Crippen LogP) is 4.36. The van der Waals surface area contributed by atoms with Gasteiger partial charge in [-0.2, -0.15) is 0 Å². The van der Waals surface area contributed by atoms with Crippen LogP contribution in [-0.2, 0) is 0 Å². The third-order valence-corrected chi connectivity index (χ3v) is 4.21. The molecule has 0 saturated carbocycles. The van der Waals surface area contributed by atoms with E-state index >= 15 is 0 Å². The zero-order chi connectivity index (χ0) is 13.8. The van der Waals surface area contributed by atoms with Gasteiger partial charge in [0, 0.05) is 10.4 Å². The van der Waals surface area contributed by atoms with E-state index in [9.17, 15) is 4.79 Å². The van der Waals surface area contributed by atoms with Crippen molar-refractivity contribution in [2.75, 3.05) is 0 Å². The van der Waals surface area contributed by atoms with Gasteiger partial charge in [-0.1, -0.05) is 32.0 Å². The highest BCUT2D eigenvalue weighted by molar-refractivity contribution is 7.10. The van der Waals surface area contributed by atoms with Crippen molar-refractivity contribution in [2.24, 2.45) is 0 Å². The van der Waals surface area contributed by atoms with Crippen molar-refractivity contribution < 1.29 is 4.79 Å². The first kappa shape index (κ1) is 13.8. The standard InChI is InChI=1S/C16H19NOS/c1-11(2)13-6-8-14(9-7-13)16(18)17-12(3)15-5-4-10-19-15/h4-12H,1-3H3,(H,17,18). The molecule has 2 rings (SSSR count). The van der Waals surface area contributed by atoms with Crippen LogP contribution in [-0.4, -0.2) is 5.91 Å². The second-order valence-corrected chi connectivity index (χ2v) is 5.97. The first-order chi connectivity index (χ1) is 9.08. The van der Waals surface area contributed by atoms with Crippen molar-refractivity contribution in [3.8, 4) is 0 Å². The monoisotopic (exact) mass is 273 g/mol. The number of thiophene rings is 1. The first-order valence-electron chi connectivity index (χ1n) is 6.52. The molecule has 0 aliphatic rings. The lowest BCUT2D eigenvalue weighted by Crippen LogP contribution is -2.26. The second kappa shape index (κ2) is 6.02. The molecule has 2 aromatic rings. The number of carbonyl (C=O) groups is 1. The molecule has 1 unspecified atom stereocenters. The molecule has 1 atom stereocenters. The molecule has 0 aliphatic heterocycles. The number of nitrogens with one attached hydrogen (secondary N) is 1. The summed E-state index contributed by atoms with van der Waals surface area (Å²) < 4.78 is 0. The smallest absolute Gasteiger partial charge is 0.251 e. The Hall–Kier alpha value is -1.61. The summed E-state index contributed by atoms with van der Waals surface area (Å²) in [5.74, 6) is 0.471. The van der Waals surface area contributed by atoms with Gasteiger partial charge in [-0.25, -0.2) is 0 Å². The number of rotatable bonds is 4. The minimum atomic E-state index is -0.0174. The van der Waals surface area contributed by atoms with Crippen LogP contribution in [0.5, 0.6) is 0 Å². The SMILES string of the molecule is CC(C)c1ccc(C(=O)NC(C)c2cccs2)cc1. The molecule has 0 bridgehead atoms. The molecule has 0 aliphatic carbocycles. The number of benzene rings is 1. The number of hydrogen-bond donors (Lipinski definition) is 1. The van der Waals surface area contributed by atoms with Crippen molar-refractivity contribution in [3.05, 3.63) is 57.8 Å². The quantitative estimate of drug-likeness (QED) is 0.881. The molecule has 100 valence electrons. The lowest BCUT2D eigenvalue weighted by molar-refractivity contribution is 0.0940. The fourth-order valence-electron chi connectivity index (χ4n) is 1.91. The Morgan fingerprint density at radius 2 is 1.79 bits per heavy atom. The molecule has 1 heterocycles. The van der Waals surface area contributed by atoms with Crippen LogP contribution in [0.3, 0.4) is 0 Å². The molecule has 2 nitrogen and oxygen atoms in total. The summed E-state index contributed by atoms with van der Waals surface area (Å²) in [5.41, 5.74) is 1.97. The Morgan fingerprint density at radius 1 is 1.11 bits per heavy atom. The Bertz CT molecular complexity index is 528. The van der Waals surface area contributed by atoms with E-state index in [2.05, 4.69) is 19.2 Å². The van der Waals surface area contributed by atoms with Gasteiger partial charge in [0.15, 0.2) is 0 Å². The van der Waals surface area contributed by atoms with Gasteiger partial charge in [-0.3, -0.25) is 4.79 Å². The molecule has 1 aromatic carbocycles. The highest BCUT2D eigenvalue weighted by atomic mass is 32.1. The summed E-state index contributed by atoms with van der Waals surface area (Å²) in [4.78, 5) is 13.3. The highest BCUT2D eigenvalue weighted by Crippen LogP contribution is 2.19. The summed E-state index contributed by atoms with van der Waals surface area (Å²) >= 11 is 1.66. The van der Waals surface area contributed by atoms with Gasteiger partial charge in [0.25, 0.3) is 5.91 Å². The van der Waals surface area contributed by atoms with Crippen molar-refractivity contribution in [2.45, 2.75) is 32.7 Å². The lowest BCUT2D eigenvalue weighted by atomic mass is 10.0. The summed E-state index contributed by atoms with van der Waals surface area (Å²) in [7, 11) is 0. The van der Waals surface area contributed by atoms with Crippen LogP contribution in [0.15, 0.2) is 41.8 Å². The Labute approximate surface area is 118 Å². The van der Waals surface area contributed by atoms with Gasteiger partial charge in [0.1, 0.15) is 0 Å². The summed E-state index contributed by atoms with van der Waals surface area (Å²) in [6, 6.07) is 11.9. The average molecular weight is 273 g/mol. The van der Waals surface area contributed by atoms with Crippen LogP contribution >= 0.6 is 11.3 Å². The van der Waals surface area contributed by atoms with Crippen LogP contribution in [0.25, 0.3) is 0 Å². The molecule has 19 heavy (non-hydrogen) atoms. The maximum atomic E-state index is 12.1. The topological polar surface area (TPSA) is 29.1 Å². The fraction of sp³-hybridized carbons (Fsp3) is 0.312. The largest absolute Gasteiger partial charge is 0.345 e. The van der Waals surface area contributed by atoms with E-state index in [1.54, 1.807) is 11.3 Å². The van der Waals surface area contributed by atoms with Gasteiger partial charge in [-0.15, -0.1) is 11.3 Å². The van der Waals surface area contributed by atoms with Crippen LogP contribution in [0.2, 0.25) is 0 Å². The minimum absolute atomic E-state index is 0.0174. The van der Waals surface area contributed by atoms with Crippen LogP contribution < -0.4 is 5.32 Å². The summed E-state index contributed by atoms with van der Waals surface area (Å²) in [6.07, 6.45) is 0. The third-order valence-electron chi connectivity index (χ3n) is 3.16. The number of carbonyl (C=O) groups excluding carboxylic acids is 1. The van der Waals surface area contributed by atoms with E-state index in [-0.39, 0.29) is 11.9 Å². The molecule has 3 heteroatoms. The molecular formula is C16H19NOS. The van der Waals surface area contributed by atoms with Gasteiger partial charge in [0.2, 0.25) is 0 Å². The van der Waals surface area contributed by atoms with Gasteiger partial charge < -0.3 is 5.32 Å². The number of amides is 1. The minimum Gasteiger partial charge on any atom is -0.345 e. The molecule has 0 spiro atoms. The molecule has 0 fully saturated rings. The van der Waals surface area contributed by atoms with E-state index in [4.69, 9.17) is 0 Å². The molecule has 1 N–H and O–H groups in total. The van der Waals surface area contributed by atoms with Crippen LogP contribution in [0, 0.1) is 0 Å². The predicted molar refractivity (Wildman–Crippen MR) is 80.7 cm³/mol. The third kappa shape index (κ3) is 3.44. The number of hydrogen-bond acceptors (Lipinski definition) is 2. The van der Waals surface area contributed by atoms with E-state index in [1.807, 2.05) is 48.7 Å². The second-order valence-electron chi connectivity index (χ2n) is 4.99. The maximum Gasteiger partial charge on any atom is 0.251 e. The normalized spacial score (nSPS) is 12.4. The Kier molecular flexibility index (Phi) is 4.38. The van der Waals surface area contributed by atoms with Crippen molar-refractivity contribution in [1.29, 1.82) is 0 Å². The van der Waals surface area contributed by atoms with Gasteiger partial charge >= 0.3 is 0 Å². The van der Waals surface area contributed by atoms with E-state index in [1.165, 1.54) is 10.4 Å². The van der Waals surface area contributed by atoms with Crippen LogP contribution in [0.4, 0.5) is 0 Å². The van der Waals surface area contributed by atoms with E-state index in [0.717, 1.165) is 0 Å². The Morgan fingerprint density at radius 3 is 2.32 bits per heavy atom. The highest BCUT2D eigenvalue weighted by Gasteiger charge is 2.12. The summed E-state index contributed by atoms with van der Waals surface area (Å²) in [5, 5.41) is 5.04. The van der Waals surface area contributed by atoms with Gasteiger partial charge in [0.05, 0.1) is 6.04 Å². The zero-order valence-electron chi connectivity index (χ0n) is 11.5. The van der Waals surface area contributed by atoms with Crippen molar-refractivity contribution >= 4 is 17.2 Å². The Balaban J connectivity index is 2.03. The molecule has 1 aromatic heterocycles. The van der Waals surface area contributed by atoms with E-state index in [0.29, 0.717) is 11.5 Å². The van der Waals surface area contributed by atoms with Gasteiger partial charge in [-0.05, 0) is 42.0 Å².